The standard InChI is InChI=1S/C30H30O6/c1-5-20-9-11-21(12-10-20)30(22-13-16-24(17-14-22)34-27(31)6-2)23-15-18-25(35-28(32)7-3)26(19-23)36-29(33)8-4/h6-8,13-20H,2-5,9-12H2,1H3. The van der Waals surface area contributed by atoms with Gasteiger partial charge in [0, 0.05) is 18.2 Å². The van der Waals surface area contributed by atoms with Crippen molar-refractivity contribution in [2.75, 3.05) is 0 Å². The van der Waals surface area contributed by atoms with Crippen LogP contribution in [0.3, 0.4) is 0 Å². The fourth-order valence-electron chi connectivity index (χ4n) is 4.23. The molecular weight excluding hydrogens is 456 g/mol. The van der Waals surface area contributed by atoms with Crippen LogP contribution in [-0.2, 0) is 14.4 Å². The Hall–Kier alpha value is -4.19. The molecule has 0 atom stereocenters. The second kappa shape index (κ2) is 12.5. The third-order valence-electron chi connectivity index (χ3n) is 6.15. The predicted octanol–water partition coefficient (Wildman–Crippen LogP) is 6.36. The molecule has 0 heterocycles. The van der Waals surface area contributed by atoms with E-state index in [1.165, 1.54) is 5.57 Å². The Morgan fingerprint density at radius 2 is 1.31 bits per heavy atom. The molecule has 0 spiro atoms. The van der Waals surface area contributed by atoms with Gasteiger partial charge in [-0.25, -0.2) is 14.4 Å². The molecule has 0 unspecified atom stereocenters. The molecule has 6 heteroatoms. The fourth-order valence-corrected chi connectivity index (χ4v) is 4.23. The molecule has 1 aliphatic carbocycles. The molecular formula is C30H30O6. The van der Waals surface area contributed by atoms with Crippen LogP contribution in [0.5, 0.6) is 17.2 Å². The zero-order valence-electron chi connectivity index (χ0n) is 20.5. The van der Waals surface area contributed by atoms with Gasteiger partial charge in [0.05, 0.1) is 0 Å². The van der Waals surface area contributed by atoms with E-state index >= 15 is 0 Å². The van der Waals surface area contributed by atoms with Crippen molar-refractivity contribution in [2.45, 2.75) is 39.0 Å². The Morgan fingerprint density at radius 1 is 0.778 bits per heavy atom. The number of rotatable bonds is 9. The van der Waals surface area contributed by atoms with Crippen LogP contribution in [0, 0.1) is 5.92 Å². The molecule has 1 aliphatic rings. The van der Waals surface area contributed by atoms with Gasteiger partial charge < -0.3 is 14.2 Å². The lowest BCUT2D eigenvalue weighted by atomic mass is 9.79. The number of benzene rings is 2. The van der Waals surface area contributed by atoms with Crippen molar-refractivity contribution in [3.05, 3.63) is 97.1 Å². The maximum atomic E-state index is 12.0. The molecule has 2 aromatic rings. The zero-order valence-corrected chi connectivity index (χ0v) is 20.5. The number of esters is 3. The van der Waals surface area contributed by atoms with Gasteiger partial charge in [0.25, 0.3) is 0 Å². The van der Waals surface area contributed by atoms with Gasteiger partial charge in [-0.2, -0.15) is 0 Å². The average molecular weight is 487 g/mol. The normalized spacial score (nSPS) is 14.8. The lowest BCUT2D eigenvalue weighted by molar-refractivity contribution is -0.131. The first-order valence-corrected chi connectivity index (χ1v) is 11.9. The summed E-state index contributed by atoms with van der Waals surface area (Å²) < 4.78 is 15.9. The molecule has 1 saturated carbocycles. The fraction of sp³-hybridized carbons (Fsp3) is 0.233. The summed E-state index contributed by atoms with van der Waals surface area (Å²) in [4.78, 5) is 35.4. The molecule has 36 heavy (non-hydrogen) atoms. The van der Waals surface area contributed by atoms with E-state index in [2.05, 4.69) is 26.7 Å². The minimum Gasteiger partial charge on any atom is -0.423 e. The summed E-state index contributed by atoms with van der Waals surface area (Å²) in [6.45, 7) is 12.5. The summed E-state index contributed by atoms with van der Waals surface area (Å²) in [5.74, 6) is -0.559. The van der Waals surface area contributed by atoms with Crippen LogP contribution in [0.25, 0.3) is 5.57 Å². The highest BCUT2D eigenvalue weighted by molar-refractivity contribution is 5.88. The predicted molar refractivity (Wildman–Crippen MR) is 139 cm³/mol. The van der Waals surface area contributed by atoms with Crippen LogP contribution in [0.15, 0.2) is 86.0 Å². The molecule has 2 aromatic carbocycles. The summed E-state index contributed by atoms with van der Waals surface area (Å²) in [6.07, 6.45) is 8.41. The van der Waals surface area contributed by atoms with Crippen LogP contribution in [0.2, 0.25) is 0 Å². The quantitative estimate of drug-likeness (QED) is 0.233. The molecule has 0 N–H and O–H groups in total. The van der Waals surface area contributed by atoms with E-state index in [0.29, 0.717) is 11.7 Å². The molecule has 0 amide bonds. The number of carbonyl (C=O) groups excluding carboxylic acids is 3. The van der Waals surface area contributed by atoms with Gasteiger partial charge in [0.1, 0.15) is 5.75 Å². The molecule has 3 rings (SSSR count). The van der Waals surface area contributed by atoms with Gasteiger partial charge in [-0.3, -0.25) is 0 Å². The van der Waals surface area contributed by atoms with Gasteiger partial charge >= 0.3 is 17.9 Å². The molecule has 0 radical (unpaired) electrons. The highest BCUT2D eigenvalue weighted by atomic mass is 16.6. The molecule has 186 valence electrons. The summed E-state index contributed by atoms with van der Waals surface area (Å²) >= 11 is 0. The summed E-state index contributed by atoms with van der Waals surface area (Å²) in [5, 5.41) is 0. The van der Waals surface area contributed by atoms with Crippen molar-refractivity contribution in [1.82, 2.24) is 0 Å². The van der Waals surface area contributed by atoms with Gasteiger partial charge in [-0.15, -0.1) is 0 Å². The van der Waals surface area contributed by atoms with Crippen molar-refractivity contribution < 1.29 is 28.6 Å². The third-order valence-corrected chi connectivity index (χ3v) is 6.15. The van der Waals surface area contributed by atoms with E-state index in [-0.39, 0.29) is 11.5 Å². The Balaban J connectivity index is 2.09. The van der Waals surface area contributed by atoms with Gasteiger partial charge in [-0.05, 0) is 72.6 Å². The number of allylic oxidation sites excluding steroid dienone is 1. The van der Waals surface area contributed by atoms with Crippen molar-refractivity contribution in [3.8, 4) is 17.2 Å². The van der Waals surface area contributed by atoms with E-state index in [0.717, 1.165) is 67.0 Å². The van der Waals surface area contributed by atoms with E-state index < -0.39 is 17.9 Å². The van der Waals surface area contributed by atoms with Crippen LogP contribution in [0.4, 0.5) is 0 Å². The van der Waals surface area contributed by atoms with Crippen LogP contribution < -0.4 is 14.2 Å². The smallest absolute Gasteiger partial charge is 0.335 e. The third kappa shape index (κ3) is 6.69. The second-order valence-corrected chi connectivity index (χ2v) is 8.39. The number of hydrogen-bond donors (Lipinski definition) is 0. The van der Waals surface area contributed by atoms with E-state index in [1.807, 2.05) is 18.2 Å². The Kier molecular flexibility index (Phi) is 9.17. The maximum absolute atomic E-state index is 12.0. The summed E-state index contributed by atoms with van der Waals surface area (Å²) in [5.41, 5.74) is 4.02. The monoisotopic (exact) mass is 486 g/mol. The van der Waals surface area contributed by atoms with Crippen LogP contribution in [-0.4, -0.2) is 17.9 Å². The van der Waals surface area contributed by atoms with Crippen molar-refractivity contribution in [2.24, 2.45) is 5.92 Å². The molecule has 0 aliphatic heterocycles. The first-order chi connectivity index (χ1) is 17.4. The van der Waals surface area contributed by atoms with Crippen molar-refractivity contribution in [3.63, 3.8) is 0 Å². The topological polar surface area (TPSA) is 78.9 Å². The first-order valence-electron chi connectivity index (χ1n) is 11.9. The number of ether oxygens (including phenoxy) is 3. The average Bonchev–Trinajstić information content (AvgIpc) is 2.91. The summed E-state index contributed by atoms with van der Waals surface area (Å²) in [7, 11) is 0. The lowest BCUT2D eigenvalue weighted by Crippen LogP contribution is -2.10. The molecule has 1 fully saturated rings. The van der Waals surface area contributed by atoms with Crippen LogP contribution >= 0.6 is 0 Å². The van der Waals surface area contributed by atoms with E-state index in [4.69, 9.17) is 14.2 Å². The molecule has 0 aromatic heterocycles. The minimum atomic E-state index is -0.672. The number of carbonyl (C=O) groups is 3. The SMILES string of the molecule is C=CC(=O)Oc1ccc(C(=C2CCC(CC)CC2)c2ccc(OC(=O)C=C)c(OC(=O)C=C)c2)cc1. The van der Waals surface area contributed by atoms with Crippen molar-refractivity contribution in [1.29, 1.82) is 0 Å². The largest absolute Gasteiger partial charge is 0.423 e. The second-order valence-electron chi connectivity index (χ2n) is 8.39. The van der Waals surface area contributed by atoms with Gasteiger partial charge in [0.2, 0.25) is 0 Å². The zero-order chi connectivity index (χ0) is 26.1. The minimum absolute atomic E-state index is 0.101. The first kappa shape index (κ1) is 26.4. The van der Waals surface area contributed by atoms with Crippen molar-refractivity contribution >= 4 is 23.5 Å². The Labute approximate surface area is 211 Å². The molecule has 6 nitrogen and oxygen atoms in total. The Morgan fingerprint density at radius 3 is 1.86 bits per heavy atom. The van der Waals surface area contributed by atoms with Crippen LogP contribution in [0.1, 0.15) is 50.2 Å². The molecule has 0 bridgehead atoms. The number of hydrogen-bond acceptors (Lipinski definition) is 6. The molecule has 0 saturated heterocycles. The highest BCUT2D eigenvalue weighted by Gasteiger charge is 2.22. The maximum Gasteiger partial charge on any atom is 0.335 e. The van der Waals surface area contributed by atoms with Gasteiger partial charge in [0.15, 0.2) is 11.5 Å². The summed E-state index contributed by atoms with van der Waals surface area (Å²) in [6, 6.07) is 12.4. The van der Waals surface area contributed by atoms with E-state index in [1.54, 1.807) is 24.3 Å². The van der Waals surface area contributed by atoms with E-state index in [9.17, 15) is 14.4 Å². The lowest BCUT2D eigenvalue weighted by Gasteiger charge is -2.26. The Bertz CT molecular complexity index is 1190. The van der Waals surface area contributed by atoms with Gasteiger partial charge in [-0.1, -0.05) is 56.9 Å². The highest BCUT2D eigenvalue weighted by Crippen LogP contribution is 2.40.